The van der Waals surface area contributed by atoms with Crippen LogP contribution in [0.4, 0.5) is 40.7 Å². The van der Waals surface area contributed by atoms with Crippen LogP contribution < -0.4 is 15.5 Å². The number of nitrogens with zero attached hydrogens (tertiary/aromatic N) is 4. The molecule has 0 atom stereocenters. The Kier molecular flexibility index (Phi) is 6.39. The number of amides is 1. The Labute approximate surface area is 196 Å². The smallest absolute Gasteiger partial charge is 0.350 e. The van der Waals surface area contributed by atoms with Crippen molar-refractivity contribution in [1.82, 2.24) is 20.2 Å². The number of hydrogen-bond acceptors (Lipinski definition) is 7. The van der Waals surface area contributed by atoms with E-state index < -0.39 is 24.2 Å². The number of rotatable bonds is 7. The quantitative estimate of drug-likeness (QED) is 0.319. The summed E-state index contributed by atoms with van der Waals surface area (Å²) in [5.41, 5.74) is -0.239. The lowest BCUT2D eigenvalue weighted by Gasteiger charge is -2.43. The normalized spacial score (nSPS) is 15.1. The molecule has 3 heterocycles. The van der Waals surface area contributed by atoms with E-state index in [2.05, 4.69) is 30.8 Å². The molecule has 2 aromatic heterocycles. The number of H-pyrrole nitrogens is 1. The van der Waals surface area contributed by atoms with Crippen LogP contribution in [0.15, 0.2) is 46.5 Å². The third-order valence-electron chi connectivity index (χ3n) is 4.73. The summed E-state index contributed by atoms with van der Waals surface area (Å²) in [6.07, 6.45) is -6.12. The average molecular weight is 496 g/mol. The number of hydrogen-bond donors (Lipinski definition) is 3. The molecule has 4 rings (SSSR count). The highest BCUT2D eigenvalue weighted by molar-refractivity contribution is 7.99. The molecular weight excluding hydrogens is 474 g/mol. The van der Waals surface area contributed by atoms with Crippen LogP contribution in [0.5, 0.6) is 0 Å². The number of aromatic nitrogens is 4. The number of anilines is 4. The lowest BCUT2D eigenvalue weighted by atomic mass is 9.99. The molecule has 34 heavy (non-hydrogen) atoms. The molecule has 0 bridgehead atoms. The summed E-state index contributed by atoms with van der Waals surface area (Å²) in [5.74, 6) is 0.543. The summed E-state index contributed by atoms with van der Waals surface area (Å²) in [5, 5.41) is 12.6. The van der Waals surface area contributed by atoms with Gasteiger partial charge in [-0.15, -0.1) is 0 Å². The van der Waals surface area contributed by atoms with Gasteiger partial charge >= 0.3 is 6.18 Å². The zero-order valence-corrected chi connectivity index (χ0v) is 19.0. The summed E-state index contributed by atoms with van der Waals surface area (Å²) in [6.45, 7) is 3.79. The van der Waals surface area contributed by atoms with Crippen molar-refractivity contribution in [1.29, 1.82) is 0 Å². The minimum Gasteiger partial charge on any atom is -0.350 e. The zero-order chi connectivity index (χ0) is 24.5. The van der Waals surface area contributed by atoms with Crippen LogP contribution >= 0.6 is 11.8 Å². The Bertz CT molecular complexity index is 1170. The number of nitrogens with one attached hydrogen (secondary N) is 3. The summed E-state index contributed by atoms with van der Waals surface area (Å²) in [6, 6.07) is 9.79. The van der Waals surface area contributed by atoms with Crippen molar-refractivity contribution in [2.75, 3.05) is 28.6 Å². The minimum atomic E-state index is -4.57. The Balaban J connectivity index is 1.50. The number of aryl methyl sites for hydroxylation is 1. The van der Waals surface area contributed by atoms with Gasteiger partial charge in [-0.05, 0) is 49.9 Å². The van der Waals surface area contributed by atoms with E-state index in [1.807, 2.05) is 13.0 Å². The van der Waals surface area contributed by atoms with Gasteiger partial charge < -0.3 is 15.5 Å². The molecule has 1 amide bonds. The van der Waals surface area contributed by atoms with E-state index in [9.17, 15) is 22.4 Å². The first kappa shape index (κ1) is 23.8. The van der Waals surface area contributed by atoms with E-state index in [-0.39, 0.29) is 18.8 Å². The summed E-state index contributed by atoms with van der Waals surface area (Å²) in [7, 11) is 0. The number of alkyl halides is 4. The van der Waals surface area contributed by atoms with Gasteiger partial charge in [0.2, 0.25) is 5.91 Å². The largest absolute Gasteiger partial charge is 0.397 e. The molecule has 0 radical (unpaired) electrons. The summed E-state index contributed by atoms with van der Waals surface area (Å²) < 4.78 is 51.1. The van der Waals surface area contributed by atoms with Crippen LogP contribution in [-0.2, 0) is 4.79 Å². The SMILES string of the molecule is Cc1cc(Nc2cc(N3CC(C)(F)C3)nc(Sc3ccc(NC(=O)CC(F)(F)F)cc3)n2)[nH]n1. The molecule has 1 aromatic carbocycles. The van der Waals surface area contributed by atoms with E-state index in [0.29, 0.717) is 27.5 Å². The number of carbonyl (C=O) groups is 1. The van der Waals surface area contributed by atoms with Crippen LogP contribution in [0.25, 0.3) is 0 Å². The summed E-state index contributed by atoms with van der Waals surface area (Å²) >= 11 is 1.22. The molecule has 1 fully saturated rings. The van der Waals surface area contributed by atoms with Crippen molar-refractivity contribution >= 4 is 40.8 Å². The highest BCUT2D eigenvalue weighted by Crippen LogP contribution is 2.34. The van der Waals surface area contributed by atoms with Gasteiger partial charge in [0.15, 0.2) is 5.16 Å². The first-order valence-corrected chi connectivity index (χ1v) is 11.0. The van der Waals surface area contributed by atoms with Crippen molar-refractivity contribution in [2.45, 2.75) is 42.2 Å². The standard InChI is InChI=1S/C21H21F4N7OS/c1-12-7-16(31-30-12)27-15-8-17(32-10-20(2,22)11-32)29-19(28-15)34-14-5-3-13(4-6-14)26-18(33)9-21(23,24)25/h3-8H,9-11H2,1-2H3,(H,26,33)(H2,27,28,29,30,31). The fourth-order valence-corrected chi connectivity index (χ4v) is 4.09. The molecule has 1 aliphatic heterocycles. The molecule has 8 nitrogen and oxygen atoms in total. The van der Waals surface area contributed by atoms with Crippen molar-refractivity contribution in [2.24, 2.45) is 0 Å². The van der Waals surface area contributed by atoms with Crippen molar-refractivity contribution in [3.05, 3.63) is 42.1 Å². The first-order valence-electron chi connectivity index (χ1n) is 10.2. The van der Waals surface area contributed by atoms with Crippen molar-refractivity contribution in [3.8, 4) is 0 Å². The van der Waals surface area contributed by atoms with E-state index >= 15 is 0 Å². The van der Waals surface area contributed by atoms with E-state index in [1.54, 1.807) is 23.1 Å². The molecule has 13 heteroatoms. The first-order chi connectivity index (χ1) is 15.9. The van der Waals surface area contributed by atoms with Gasteiger partial charge in [0.25, 0.3) is 0 Å². The maximum Gasteiger partial charge on any atom is 0.397 e. The number of benzene rings is 1. The third-order valence-corrected chi connectivity index (χ3v) is 5.61. The molecule has 3 aromatic rings. The van der Waals surface area contributed by atoms with Crippen molar-refractivity contribution in [3.63, 3.8) is 0 Å². The van der Waals surface area contributed by atoms with Crippen LogP contribution in [0.3, 0.4) is 0 Å². The fourth-order valence-electron chi connectivity index (χ4n) is 3.32. The molecule has 0 spiro atoms. The fraction of sp³-hybridized carbons (Fsp3) is 0.333. The molecule has 0 aliphatic carbocycles. The molecular formula is C21H21F4N7OS. The Morgan fingerprint density at radius 2 is 1.91 bits per heavy atom. The number of halogens is 4. The predicted octanol–water partition coefficient (Wildman–Crippen LogP) is 4.84. The average Bonchev–Trinajstić information content (AvgIpc) is 3.10. The van der Waals surface area contributed by atoms with Crippen LogP contribution in [0, 0.1) is 6.92 Å². The molecule has 0 saturated carbocycles. The van der Waals surface area contributed by atoms with Crippen molar-refractivity contribution < 1.29 is 22.4 Å². The van der Waals surface area contributed by atoms with E-state index in [1.165, 1.54) is 30.8 Å². The van der Waals surface area contributed by atoms with Gasteiger partial charge in [-0.25, -0.2) is 14.4 Å². The summed E-state index contributed by atoms with van der Waals surface area (Å²) in [4.78, 5) is 23.0. The van der Waals surface area contributed by atoms with Gasteiger partial charge in [-0.3, -0.25) is 9.89 Å². The Morgan fingerprint density at radius 3 is 2.50 bits per heavy atom. The molecule has 3 N–H and O–H groups in total. The van der Waals surface area contributed by atoms with Crippen LogP contribution in [0.1, 0.15) is 19.0 Å². The van der Waals surface area contributed by atoms with Crippen LogP contribution in [-0.4, -0.2) is 51.0 Å². The van der Waals surface area contributed by atoms with Crippen LogP contribution in [0.2, 0.25) is 0 Å². The second-order valence-corrected chi connectivity index (χ2v) is 9.22. The number of carbonyl (C=O) groups excluding carboxylic acids is 1. The van der Waals surface area contributed by atoms with E-state index in [4.69, 9.17) is 0 Å². The molecule has 1 aliphatic rings. The van der Waals surface area contributed by atoms with Gasteiger partial charge in [0.05, 0.1) is 18.8 Å². The number of aromatic amines is 1. The highest BCUT2D eigenvalue weighted by atomic mass is 32.2. The van der Waals surface area contributed by atoms with E-state index in [0.717, 1.165) is 5.69 Å². The predicted molar refractivity (Wildman–Crippen MR) is 120 cm³/mol. The molecule has 1 saturated heterocycles. The van der Waals surface area contributed by atoms with Gasteiger partial charge in [-0.2, -0.15) is 18.3 Å². The van der Waals surface area contributed by atoms with Gasteiger partial charge in [-0.1, -0.05) is 0 Å². The van der Waals surface area contributed by atoms with Gasteiger partial charge in [0.1, 0.15) is 29.5 Å². The van der Waals surface area contributed by atoms with Gasteiger partial charge in [0, 0.05) is 22.7 Å². The lowest BCUT2D eigenvalue weighted by molar-refractivity contribution is -0.150. The third kappa shape index (κ3) is 6.37. The molecule has 180 valence electrons. The Morgan fingerprint density at radius 1 is 1.21 bits per heavy atom. The topological polar surface area (TPSA) is 98.8 Å². The second kappa shape index (κ2) is 9.12. The minimum absolute atomic E-state index is 0.211. The second-order valence-electron chi connectivity index (χ2n) is 8.18. The maximum absolute atomic E-state index is 14.0. The maximum atomic E-state index is 14.0. The lowest BCUT2D eigenvalue weighted by Crippen LogP contribution is -2.57. The zero-order valence-electron chi connectivity index (χ0n) is 18.2. The molecule has 0 unspecified atom stereocenters. The Hall–Kier alpha value is -3.35. The monoisotopic (exact) mass is 495 g/mol. The highest BCUT2D eigenvalue weighted by Gasteiger charge is 2.40.